The van der Waals surface area contributed by atoms with E-state index in [0.717, 1.165) is 31.4 Å². The Labute approximate surface area is 121 Å². The first-order valence-corrected chi connectivity index (χ1v) is 7.01. The standard InChI is InChI=1S/C14H8Br2N2/c15-10-6-2-1-5-9(10)13-14(16)18-12-8-4-3-7-11(12)17-13/h1-8H. The second kappa shape index (κ2) is 4.78. The van der Waals surface area contributed by atoms with Crippen molar-refractivity contribution in [2.45, 2.75) is 0 Å². The highest BCUT2D eigenvalue weighted by atomic mass is 79.9. The van der Waals surface area contributed by atoms with Gasteiger partial charge in [-0.2, -0.15) is 0 Å². The van der Waals surface area contributed by atoms with E-state index in [4.69, 9.17) is 0 Å². The van der Waals surface area contributed by atoms with E-state index in [1.54, 1.807) is 0 Å². The number of benzene rings is 2. The van der Waals surface area contributed by atoms with Crippen LogP contribution in [0.2, 0.25) is 0 Å². The molecular formula is C14H8Br2N2. The molecule has 0 aliphatic carbocycles. The summed E-state index contributed by atoms with van der Waals surface area (Å²) in [5, 5.41) is 0. The Bertz CT molecular complexity index is 726. The normalized spacial score (nSPS) is 10.8. The van der Waals surface area contributed by atoms with E-state index in [0.29, 0.717) is 0 Å². The minimum absolute atomic E-state index is 0.758. The molecule has 1 heterocycles. The van der Waals surface area contributed by atoms with E-state index < -0.39 is 0 Å². The lowest BCUT2D eigenvalue weighted by Gasteiger charge is -2.07. The van der Waals surface area contributed by atoms with Crippen molar-refractivity contribution < 1.29 is 0 Å². The molecule has 0 unspecified atom stereocenters. The largest absolute Gasteiger partial charge is 0.243 e. The molecule has 0 aliphatic heterocycles. The van der Waals surface area contributed by atoms with Crippen LogP contribution in [0, 0.1) is 0 Å². The second-order valence-electron chi connectivity index (χ2n) is 3.83. The number of fused-ring (bicyclic) bond motifs is 1. The first-order chi connectivity index (χ1) is 8.75. The zero-order valence-electron chi connectivity index (χ0n) is 9.27. The molecule has 0 aliphatic rings. The van der Waals surface area contributed by atoms with Crippen molar-refractivity contribution in [3.8, 4) is 11.3 Å². The van der Waals surface area contributed by atoms with Crippen LogP contribution in [-0.2, 0) is 0 Å². The minimum atomic E-state index is 0.758. The van der Waals surface area contributed by atoms with Gasteiger partial charge < -0.3 is 0 Å². The van der Waals surface area contributed by atoms with Gasteiger partial charge in [0, 0.05) is 10.0 Å². The van der Waals surface area contributed by atoms with E-state index in [9.17, 15) is 0 Å². The number of hydrogen-bond donors (Lipinski definition) is 0. The van der Waals surface area contributed by atoms with Gasteiger partial charge in [-0.05, 0) is 34.1 Å². The number of halogens is 2. The van der Waals surface area contributed by atoms with Crippen LogP contribution in [0.1, 0.15) is 0 Å². The number of hydrogen-bond acceptors (Lipinski definition) is 2. The molecule has 2 nitrogen and oxygen atoms in total. The summed E-state index contributed by atoms with van der Waals surface area (Å²) in [6, 6.07) is 15.8. The maximum atomic E-state index is 4.67. The molecule has 0 radical (unpaired) electrons. The zero-order chi connectivity index (χ0) is 12.5. The number of rotatable bonds is 1. The maximum Gasteiger partial charge on any atom is 0.133 e. The van der Waals surface area contributed by atoms with Gasteiger partial charge in [-0.1, -0.05) is 46.3 Å². The Morgan fingerprint density at radius 1 is 0.722 bits per heavy atom. The van der Waals surface area contributed by atoms with Crippen LogP contribution in [0.15, 0.2) is 57.6 Å². The molecular weight excluding hydrogens is 356 g/mol. The van der Waals surface area contributed by atoms with Gasteiger partial charge >= 0.3 is 0 Å². The van der Waals surface area contributed by atoms with Gasteiger partial charge in [0.25, 0.3) is 0 Å². The highest BCUT2D eigenvalue weighted by Gasteiger charge is 2.10. The maximum absolute atomic E-state index is 4.67. The van der Waals surface area contributed by atoms with Crippen molar-refractivity contribution in [2.24, 2.45) is 0 Å². The van der Waals surface area contributed by atoms with Crippen LogP contribution in [0.5, 0.6) is 0 Å². The van der Waals surface area contributed by atoms with Crippen molar-refractivity contribution in [1.29, 1.82) is 0 Å². The highest BCUT2D eigenvalue weighted by Crippen LogP contribution is 2.32. The Hall–Kier alpha value is -1.26. The molecule has 3 rings (SSSR count). The van der Waals surface area contributed by atoms with Gasteiger partial charge in [0.2, 0.25) is 0 Å². The van der Waals surface area contributed by atoms with Gasteiger partial charge in [0.1, 0.15) is 10.3 Å². The predicted octanol–water partition coefficient (Wildman–Crippen LogP) is 4.82. The van der Waals surface area contributed by atoms with Gasteiger partial charge in [-0.25, -0.2) is 9.97 Å². The molecule has 0 saturated heterocycles. The van der Waals surface area contributed by atoms with Crippen LogP contribution >= 0.6 is 31.9 Å². The predicted molar refractivity (Wildman–Crippen MR) is 80.4 cm³/mol. The summed E-state index contributed by atoms with van der Waals surface area (Å²) >= 11 is 7.04. The minimum Gasteiger partial charge on any atom is -0.243 e. The van der Waals surface area contributed by atoms with E-state index in [1.807, 2.05) is 48.5 Å². The van der Waals surface area contributed by atoms with Crippen molar-refractivity contribution in [3.63, 3.8) is 0 Å². The van der Waals surface area contributed by atoms with E-state index in [2.05, 4.69) is 41.8 Å². The first-order valence-electron chi connectivity index (χ1n) is 5.43. The fourth-order valence-corrected chi connectivity index (χ4v) is 2.77. The summed E-state index contributed by atoms with van der Waals surface area (Å²) in [4.78, 5) is 9.19. The molecule has 88 valence electrons. The molecule has 18 heavy (non-hydrogen) atoms. The molecule has 0 fully saturated rings. The topological polar surface area (TPSA) is 25.8 Å². The monoisotopic (exact) mass is 362 g/mol. The molecule has 0 saturated carbocycles. The van der Waals surface area contributed by atoms with Gasteiger partial charge in [0.05, 0.1) is 11.0 Å². The number of para-hydroxylation sites is 2. The summed E-state index contributed by atoms with van der Waals surface area (Å²) in [7, 11) is 0. The molecule has 0 amide bonds. The lowest BCUT2D eigenvalue weighted by molar-refractivity contribution is 1.25. The Morgan fingerprint density at radius 3 is 2.06 bits per heavy atom. The van der Waals surface area contributed by atoms with Crippen LogP contribution in [0.25, 0.3) is 22.3 Å². The fraction of sp³-hybridized carbons (Fsp3) is 0. The van der Waals surface area contributed by atoms with Gasteiger partial charge in [-0.3, -0.25) is 0 Å². The SMILES string of the molecule is Brc1ccccc1-c1nc2ccccc2nc1Br. The summed E-state index contributed by atoms with van der Waals surface area (Å²) in [5.74, 6) is 0. The third kappa shape index (κ3) is 2.06. The lowest BCUT2D eigenvalue weighted by Crippen LogP contribution is -1.92. The average molecular weight is 364 g/mol. The Kier molecular flexibility index (Phi) is 3.14. The van der Waals surface area contributed by atoms with Crippen molar-refractivity contribution >= 4 is 42.9 Å². The summed E-state index contributed by atoms with van der Waals surface area (Å²) in [6.45, 7) is 0. The van der Waals surface area contributed by atoms with Gasteiger partial charge in [-0.15, -0.1) is 0 Å². The average Bonchev–Trinajstić information content (AvgIpc) is 2.39. The van der Waals surface area contributed by atoms with Crippen LogP contribution in [0.4, 0.5) is 0 Å². The molecule has 0 bridgehead atoms. The summed E-state index contributed by atoms with van der Waals surface area (Å²) in [6.07, 6.45) is 0. The van der Waals surface area contributed by atoms with Crippen molar-refractivity contribution in [2.75, 3.05) is 0 Å². The molecule has 0 N–H and O–H groups in total. The molecule has 0 spiro atoms. The van der Waals surface area contributed by atoms with E-state index in [-0.39, 0.29) is 0 Å². The molecule has 3 aromatic rings. The summed E-state index contributed by atoms with van der Waals surface area (Å²) in [5.41, 5.74) is 3.66. The fourth-order valence-electron chi connectivity index (χ4n) is 1.80. The van der Waals surface area contributed by atoms with Gasteiger partial charge in [0.15, 0.2) is 0 Å². The van der Waals surface area contributed by atoms with Crippen LogP contribution < -0.4 is 0 Å². The second-order valence-corrected chi connectivity index (χ2v) is 5.44. The Balaban J connectivity index is 2.30. The van der Waals surface area contributed by atoms with Crippen molar-refractivity contribution in [3.05, 3.63) is 57.6 Å². The first kappa shape index (κ1) is 11.8. The third-order valence-electron chi connectivity index (χ3n) is 2.66. The highest BCUT2D eigenvalue weighted by molar-refractivity contribution is 9.11. The number of nitrogens with zero attached hydrogens (tertiary/aromatic N) is 2. The van der Waals surface area contributed by atoms with Crippen LogP contribution in [-0.4, -0.2) is 9.97 Å². The van der Waals surface area contributed by atoms with Crippen LogP contribution in [0.3, 0.4) is 0 Å². The molecule has 2 aromatic carbocycles. The Morgan fingerprint density at radius 2 is 1.33 bits per heavy atom. The van der Waals surface area contributed by atoms with Crippen molar-refractivity contribution in [1.82, 2.24) is 9.97 Å². The molecule has 4 heteroatoms. The summed E-state index contributed by atoms with van der Waals surface area (Å²) < 4.78 is 1.77. The number of aromatic nitrogens is 2. The molecule has 0 atom stereocenters. The molecule has 1 aromatic heterocycles. The van der Waals surface area contributed by atoms with E-state index in [1.165, 1.54) is 0 Å². The smallest absolute Gasteiger partial charge is 0.133 e. The zero-order valence-corrected chi connectivity index (χ0v) is 12.4. The lowest BCUT2D eigenvalue weighted by atomic mass is 10.1. The quantitative estimate of drug-likeness (QED) is 0.619. The van der Waals surface area contributed by atoms with E-state index >= 15 is 0 Å². The third-order valence-corrected chi connectivity index (χ3v) is 3.90.